The molecule has 2 aromatic heterocycles. The highest BCUT2D eigenvalue weighted by atomic mass is 16.3. The lowest BCUT2D eigenvalue weighted by Crippen LogP contribution is -2.14. The summed E-state index contributed by atoms with van der Waals surface area (Å²) in [7, 11) is 0. The molecule has 1 aliphatic rings. The monoisotopic (exact) mass is 591 g/mol. The minimum absolute atomic E-state index is 0.192. The average Bonchev–Trinajstić information content (AvgIpc) is 3.61. The second-order valence-corrected chi connectivity index (χ2v) is 12.4. The van der Waals surface area contributed by atoms with Crippen molar-refractivity contribution < 1.29 is 4.42 Å². The molecule has 6 aromatic carbocycles. The van der Waals surface area contributed by atoms with Gasteiger partial charge in [0.2, 0.25) is 0 Å². The molecule has 0 unspecified atom stereocenters. The van der Waals surface area contributed by atoms with Gasteiger partial charge in [0.1, 0.15) is 11.2 Å². The molecule has 0 saturated heterocycles. The van der Waals surface area contributed by atoms with E-state index >= 15 is 0 Å². The molecule has 0 amide bonds. The van der Waals surface area contributed by atoms with Gasteiger partial charge in [0.15, 0.2) is 17.5 Å². The van der Waals surface area contributed by atoms with E-state index in [2.05, 4.69) is 86.6 Å². The number of hydrogen-bond donors (Lipinski definition) is 0. The molecule has 9 rings (SSSR count). The fourth-order valence-electron chi connectivity index (χ4n) is 7.01. The number of para-hydroxylation sites is 1. The molecule has 2 heterocycles. The Morgan fingerprint density at radius 1 is 0.435 bits per heavy atom. The van der Waals surface area contributed by atoms with Crippen LogP contribution in [0.5, 0.6) is 0 Å². The number of aromatic nitrogens is 3. The van der Waals surface area contributed by atoms with Crippen LogP contribution in [-0.4, -0.2) is 15.0 Å². The van der Waals surface area contributed by atoms with Gasteiger partial charge in [-0.2, -0.15) is 0 Å². The van der Waals surface area contributed by atoms with E-state index < -0.39 is 0 Å². The van der Waals surface area contributed by atoms with Crippen molar-refractivity contribution in [1.29, 1.82) is 0 Å². The van der Waals surface area contributed by atoms with Crippen LogP contribution >= 0.6 is 0 Å². The predicted octanol–water partition coefficient (Wildman–Crippen LogP) is 10.7. The number of nitrogens with zero attached hydrogens (tertiary/aromatic N) is 3. The van der Waals surface area contributed by atoms with Crippen LogP contribution in [0, 0.1) is 0 Å². The van der Waals surface area contributed by atoms with Crippen LogP contribution in [-0.2, 0) is 5.41 Å². The molecule has 46 heavy (non-hydrogen) atoms. The topological polar surface area (TPSA) is 51.8 Å². The maximum atomic E-state index is 6.89. The van der Waals surface area contributed by atoms with Gasteiger partial charge in [-0.1, -0.05) is 147 Å². The largest absolute Gasteiger partial charge is 0.455 e. The maximum absolute atomic E-state index is 6.89. The number of furan rings is 1. The second-order valence-electron chi connectivity index (χ2n) is 12.4. The van der Waals surface area contributed by atoms with E-state index in [1.165, 1.54) is 11.1 Å². The zero-order chi connectivity index (χ0) is 30.8. The smallest absolute Gasteiger partial charge is 0.164 e. The van der Waals surface area contributed by atoms with Crippen molar-refractivity contribution in [3.63, 3.8) is 0 Å². The molecule has 0 fully saturated rings. The van der Waals surface area contributed by atoms with Gasteiger partial charge in [-0.15, -0.1) is 0 Å². The summed E-state index contributed by atoms with van der Waals surface area (Å²) in [5.74, 6) is 1.95. The first-order chi connectivity index (χ1) is 22.6. The molecule has 0 saturated carbocycles. The maximum Gasteiger partial charge on any atom is 0.164 e. The summed E-state index contributed by atoms with van der Waals surface area (Å²) in [4.78, 5) is 14.9. The molecule has 0 N–H and O–H groups in total. The lowest BCUT2D eigenvalue weighted by Gasteiger charge is -2.21. The molecular formula is C42H29N3O. The van der Waals surface area contributed by atoms with Gasteiger partial charge in [0.25, 0.3) is 0 Å². The minimum Gasteiger partial charge on any atom is -0.455 e. The summed E-state index contributed by atoms with van der Waals surface area (Å²) in [5, 5.41) is 2.25. The summed E-state index contributed by atoms with van der Waals surface area (Å²) in [6, 6.07) is 48.3. The molecule has 0 bridgehead atoms. The SMILES string of the molecule is CC1(C)c2ccc(-c3nc(-c4ccccc4)nc(-c4ccccc4)n3)cc2-c2c1ccc1c2oc2c(-c3ccccc3)cccc21. The van der Waals surface area contributed by atoms with Crippen molar-refractivity contribution in [2.24, 2.45) is 0 Å². The van der Waals surface area contributed by atoms with Crippen molar-refractivity contribution in [3.8, 4) is 56.4 Å². The van der Waals surface area contributed by atoms with Crippen molar-refractivity contribution in [2.75, 3.05) is 0 Å². The molecule has 218 valence electrons. The van der Waals surface area contributed by atoms with Gasteiger partial charge in [-0.05, 0) is 28.3 Å². The van der Waals surface area contributed by atoms with Crippen molar-refractivity contribution >= 4 is 21.9 Å². The Morgan fingerprint density at radius 3 is 1.61 bits per heavy atom. The summed E-state index contributed by atoms with van der Waals surface area (Å²) in [6.07, 6.45) is 0. The Labute approximate surface area is 267 Å². The lowest BCUT2D eigenvalue weighted by atomic mass is 9.82. The van der Waals surface area contributed by atoms with Crippen molar-refractivity contribution in [2.45, 2.75) is 19.3 Å². The molecular weight excluding hydrogens is 562 g/mol. The number of benzene rings is 6. The van der Waals surface area contributed by atoms with Gasteiger partial charge < -0.3 is 4.42 Å². The van der Waals surface area contributed by atoms with E-state index in [0.717, 1.165) is 60.9 Å². The number of rotatable bonds is 4. The van der Waals surface area contributed by atoms with E-state index in [1.807, 2.05) is 66.7 Å². The van der Waals surface area contributed by atoms with Crippen LogP contribution in [0.4, 0.5) is 0 Å². The zero-order valence-corrected chi connectivity index (χ0v) is 25.5. The number of fused-ring (bicyclic) bond motifs is 7. The molecule has 0 radical (unpaired) electrons. The summed E-state index contributed by atoms with van der Waals surface area (Å²) >= 11 is 0. The van der Waals surface area contributed by atoms with Gasteiger partial charge in [0, 0.05) is 44.0 Å². The Morgan fingerprint density at radius 2 is 0.978 bits per heavy atom. The van der Waals surface area contributed by atoms with E-state index in [4.69, 9.17) is 19.4 Å². The second kappa shape index (κ2) is 10.1. The molecule has 1 aliphatic carbocycles. The molecule has 4 heteroatoms. The Balaban J connectivity index is 1.27. The average molecular weight is 592 g/mol. The van der Waals surface area contributed by atoms with Crippen molar-refractivity contribution in [1.82, 2.24) is 15.0 Å². The summed E-state index contributed by atoms with van der Waals surface area (Å²) < 4.78 is 6.89. The third-order valence-corrected chi connectivity index (χ3v) is 9.34. The first kappa shape index (κ1) is 26.5. The molecule has 0 aliphatic heterocycles. The highest BCUT2D eigenvalue weighted by Gasteiger charge is 2.38. The normalized spacial score (nSPS) is 13.2. The summed E-state index contributed by atoms with van der Waals surface area (Å²) in [6.45, 7) is 4.59. The highest BCUT2D eigenvalue weighted by Crippen LogP contribution is 2.53. The van der Waals surface area contributed by atoms with Gasteiger partial charge in [-0.3, -0.25) is 0 Å². The van der Waals surface area contributed by atoms with Gasteiger partial charge >= 0.3 is 0 Å². The zero-order valence-electron chi connectivity index (χ0n) is 25.5. The van der Waals surface area contributed by atoms with Crippen LogP contribution in [0.25, 0.3) is 78.4 Å². The van der Waals surface area contributed by atoms with Crippen LogP contribution < -0.4 is 0 Å². The molecule has 8 aromatic rings. The Kier molecular flexibility index (Phi) is 5.81. The predicted molar refractivity (Wildman–Crippen MR) is 186 cm³/mol. The van der Waals surface area contributed by atoms with Gasteiger partial charge in [-0.25, -0.2) is 15.0 Å². The first-order valence-corrected chi connectivity index (χ1v) is 15.6. The summed E-state index contributed by atoms with van der Waals surface area (Å²) in [5.41, 5.74) is 11.6. The number of hydrogen-bond acceptors (Lipinski definition) is 4. The standard InChI is InChI=1S/C42H29N3O/c1-42(2)34-23-21-29(41-44-39(27-15-8-4-9-16-27)43-40(45-41)28-17-10-5-11-18-28)25-33(34)36-35(42)24-22-32-31-20-12-19-30(37(31)46-38(32)36)26-13-6-3-7-14-26/h3-25H,1-2H3. The fraction of sp³-hybridized carbons (Fsp3) is 0.0714. The molecule has 0 spiro atoms. The van der Waals surface area contributed by atoms with E-state index in [0.29, 0.717) is 17.5 Å². The van der Waals surface area contributed by atoms with E-state index in [-0.39, 0.29) is 5.41 Å². The minimum atomic E-state index is -0.192. The van der Waals surface area contributed by atoms with Crippen molar-refractivity contribution in [3.05, 3.63) is 151 Å². The lowest BCUT2D eigenvalue weighted by molar-refractivity contribution is 0.653. The highest BCUT2D eigenvalue weighted by molar-refractivity contribution is 6.14. The van der Waals surface area contributed by atoms with Gasteiger partial charge in [0.05, 0.1) is 0 Å². The van der Waals surface area contributed by atoms with E-state index in [1.54, 1.807) is 0 Å². The Hall–Kier alpha value is -5.87. The third-order valence-electron chi connectivity index (χ3n) is 9.34. The van der Waals surface area contributed by atoms with Crippen LogP contribution in [0.3, 0.4) is 0 Å². The molecule has 4 nitrogen and oxygen atoms in total. The van der Waals surface area contributed by atoms with E-state index in [9.17, 15) is 0 Å². The molecule has 0 atom stereocenters. The Bertz CT molecular complexity index is 2370. The van der Waals surface area contributed by atoms with Crippen LogP contribution in [0.15, 0.2) is 144 Å². The fourth-order valence-corrected chi connectivity index (χ4v) is 7.01. The van der Waals surface area contributed by atoms with Crippen LogP contribution in [0.2, 0.25) is 0 Å². The quantitative estimate of drug-likeness (QED) is 0.204. The first-order valence-electron chi connectivity index (χ1n) is 15.6. The third kappa shape index (κ3) is 4.04. The van der Waals surface area contributed by atoms with Crippen LogP contribution in [0.1, 0.15) is 25.0 Å².